The Morgan fingerprint density at radius 3 is 2.58 bits per heavy atom. The Labute approximate surface area is 83.6 Å². The van der Waals surface area contributed by atoms with E-state index in [1.54, 1.807) is 0 Å². The van der Waals surface area contributed by atoms with Gasteiger partial charge in [0.25, 0.3) is 0 Å². The molecule has 1 aromatic rings. The van der Waals surface area contributed by atoms with Gasteiger partial charge in [-0.2, -0.15) is 0 Å². The Hall–Kier alpha value is -0.0100. The van der Waals surface area contributed by atoms with Crippen LogP contribution in [0.1, 0.15) is 40.5 Å². The molecule has 0 aliphatic heterocycles. The molecule has 0 radical (unpaired) electrons. The van der Waals surface area contributed by atoms with Gasteiger partial charge in [0.05, 0.1) is 5.38 Å². The number of rotatable bonds is 3. The van der Waals surface area contributed by atoms with E-state index in [1.807, 2.05) is 11.3 Å². The van der Waals surface area contributed by atoms with Gasteiger partial charge in [-0.1, -0.05) is 13.3 Å². The standard InChI is InChI=1S/C10H15ClS/c1-4-5-10(11)9-6-7(2)12-8(9)3/h6,10H,4-5H2,1-3H3. The van der Waals surface area contributed by atoms with Gasteiger partial charge in [0, 0.05) is 9.75 Å². The summed E-state index contributed by atoms with van der Waals surface area (Å²) >= 11 is 8.07. The summed E-state index contributed by atoms with van der Waals surface area (Å²) in [4.78, 5) is 2.74. The summed E-state index contributed by atoms with van der Waals surface area (Å²) in [5, 5.41) is 0.222. The van der Waals surface area contributed by atoms with Crippen LogP contribution in [0.25, 0.3) is 0 Å². The van der Waals surface area contributed by atoms with Gasteiger partial charge >= 0.3 is 0 Å². The minimum Gasteiger partial charge on any atom is -0.146 e. The second kappa shape index (κ2) is 4.29. The Bertz CT molecular complexity index is 252. The Kier molecular flexibility index (Phi) is 3.60. The molecule has 0 saturated carbocycles. The molecule has 68 valence electrons. The van der Waals surface area contributed by atoms with Crippen molar-refractivity contribution in [1.82, 2.24) is 0 Å². The van der Waals surface area contributed by atoms with Crippen LogP contribution >= 0.6 is 22.9 Å². The van der Waals surface area contributed by atoms with Gasteiger partial charge in [-0.15, -0.1) is 22.9 Å². The van der Waals surface area contributed by atoms with Crippen molar-refractivity contribution in [2.24, 2.45) is 0 Å². The average molecular weight is 203 g/mol. The SMILES string of the molecule is CCCC(Cl)c1cc(C)sc1C. The van der Waals surface area contributed by atoms with Gasteiger partial charge in [0.2, 0.25) is 0 Å². The molecule has 2 heteroatoms. The zero-order valence-electron chi connectivity index (χ0n) is 7.86. The molecule has 0 spiro atoms. The molecule has 0 aliphatic rings. The van der Waals surface area contributed by atoms with E-state index in [4.69, 9.17) is 11.6 Å². The molecular weight excluding hydrogens is 188 g/mol. The summed E-state index contributed by atoms with van der Waals surface area (Å²) in [6.45, 7) is 6.46. The lowest BCUT2D eigenvalue weighted by molar-refractivity contribution is 0.769. The van der Waals surface area contributed by atoms with Crippen molar-refractivity contribution < 1.29 is 0 Å². The van der Waals surface area contributed by atoms with Gasteiger partial charge in [-0.25, -0.2) is 0 Å². The third kappa shape index (κ3) is 2.24. The normalized spacial score (nSPS) is 13.3. The van der Waals surface area contributed by atoms with E-state index < -0.39 is 0 Å². The highest BCUT2D eigenvalue weighted by atomic mass is 35.5. The first kappa shape index (κ1) is 10.1. The molecule has 1 heterocycles. The molecular formula is C10H15ClS. The zero-order valence-corrected chi connectivity index (χ0v) is 9.43. The van der Waals surface area contributed by atoms with Gasteiger partial charge in [-0.05, 0) is 31.9 Å². The largest absolute Gasteiger partial charge is 0.146 e. The number of aryl methyl sites for hydroxylation is 2. The number of hydrogen-bond acceptors (Lipinski definition) is 1. The van der Waals surface area contributed by atoms with E-state index in [1.165, 1.54) is 15.3 Å². The van der Waals surface area contributed by atoms with Crippen molar-refractivity contribution in [3.8, 4) is 0 Å². The summed E-state index contributed by atoms with van der Waals surface area (Å²) in [5.41, 5.74) is 1.33. The summed E-state index contributed by atoms with van der Waals surface area (Å²) in [7, 11) is 0. The molecule has 0 bridgehead atoms. The van der Waals surface area contributed by atoms with Crippen LogP contribution < -0.4 is 0 Å². The molecule has 1 rings (SSSR count). The van der Waals surface area contributed by atoms with E-state index >= 15 is 0 Å². The molecule has 12 heavy (non-hydrogen) atoms. The van der Waals surface area contributed by atoms with Crippen LogP contribution in [-0.4, -0.2) is 0 Å². The molecule has 0 aromatic carbocycles. The van der Waals surface area contributed by atoms with Crippen molar-refractivity contribution in [2.45, 2.75) is 39.0 Å². The van der Waals surface area contributed by atoms with E-state index in [-0.39, 0.29) is 5.38 Å². The van der Waals surface area contributed by atoms with Crippen molar-refractivity contribution in [3.63, 3.8) is 0 Å². The van der Waals surface area contributed by atoms with Crippen LogP contribution in [0.15, 0.2) is 6.07 Å². The van der Waals surface area contributed by atoms with Crippen molar-refractivity contribution in [1.29, 1.82) is 0 Å². The lowest BCUT2D eigenvalue weighted by Gasteiger charge is -2.06. The second-order valence-corrected chi connectivity index (χ2v) is 5.11. The van der Waals surface area contributed by atoms with E-state index in [9.17, 15) is 0 Å². The van der Waals surface area contributed by atoms with Crippen LogP contribution in [-0.2, 0) is 0 Å². The fourth-order valence-electron chi connectivity index (χ4n) is 1.37. The lowest BCUT2D eigenvalue weighted by Crippen LogP contribution is -1.88. The predicted octanol–water partition coefficient (Wildman–Crippen LogP) is 4.44. The van der Waals surface area contributed by atoms with E-state index in [2.05, 4.69) is 26.8 Å². The maximum absolute atomic E-state index is 6.23. The smallest absolute Gasteiger partial charge is 0.0596 e. The topological polar surface area (TPSA) is 0 Å². The summed E-state index contributed by atoms with van der Waals surface area (Å²) in [5.74, 6) is 0. The van der Waals surface area contributed by atoms with Crippen LogP contribution in [0, 0.1) is 13.8 Å². The lowest BCUT2D eigenvalue weighted by atomic mass is 10.1. The first-order valence-corrected chi connectivity index (χ1v) is 5.61. The first-order valence-electron chi connectivity index (χ1n) is 4.36. The second-order valence-electron chi connectivity index (χ2n) is 3.12. The maximum atomic E-state index is 6.23. The molecule has 0 amide bonds. The quantitative estimate of drug-likeness (QED) is 0.636. The summed E-state index contributed by atoms with van der Waals surface area (Å²) < 4.78 is 0. The fraction of sp³-hybridized carbons (Fsp3) is 0.600. The van der Waals surface area contributed by atoms with Gasteiger partial charge in [-0.3, -0.25) is 0 Å². The van der Waals surface area contributed by atoms with Crippen LogP contribution in [0.2, 0.25) is 0 Å². The van der Waals surface area contributed by atoms with Crippen molar-refractivity contribution in [3.05, 3.63) is 21.4 Å². The van der Waals surface area contributed by atoms with Crippen LogP contribution in [0.5, 0.6) is 0 Å². The first-order chi connectivity index (χ1) is 5.65. The predicted molar refractivity (Wildman–Crippen MR) is 57.3 cm³/mol. The Balaban J connectivity index is 2.79. The highest BCUT2D eigenvalue weighted by Gasteiger charge is 2.11. The third-order valence-corrected chi connectivity index (χ3v) is 3.39. The summed E-state index contributed by atoms with van der Waals surface area (Å²) in [6.07, 6.45) is 2.24. The molecule has 0 fully saturated rings. The number of halogens is 1. The maximum Gasteiger partial charge on any atom is 0.0596 e. The minimum atomic E-state index is 0.222. The van der Waals surface area contributed by atoms with Crippen molar-refractivity contribution >= 4 is 22.9 Å². The highest BCUT2D eigenvalue weighted by Crippen LogP contribution is 2.32. The van der Waals surface area contributed by atoms with Gasteiger partial charge in [0.1, 0.15) is 0 Å². The summed E-state index contributed by atoms with van der Waals surface area (Å²) in [6, 6.07) is 2.22. The molecule has 1 atom stereocenters. The van der Waals surface area contributed by atoms with Gasteiger partial charge < -0.3 is 0 Å². The molecule has 1 unspecified atom stereocenters. The number of thiophene rings is 1. The molecule has 0 N–H and O–H groups in total. The van der Waals surface area contributed by atoms with E-state index in [0.717, 1.165) is 12.8 Å². The van der Waals surface area contributed by atoms with Crippen LogP contribution in [0.3, 0.4) is 0 Å². The van der Waals surface area contributed by atoms with Crippen molar-refractivity contribution in [2.75, 3.05) is 0 Å². The zero-order chi connectivity index (χ0) is 9.14. The minimum absolute atomic E-state index is 0.222. The monoisotopic (exact) mass is 202 g/mol. The number of alkyl halides is 1. The Morgan fingerprint density at radius 2 is 2.17 bits per heavy atom. The van der Waals surface area contributed by atoms with Crippen LogP contribution in [0.4, 0.5) is 0 Å². The fourth-order valence-corrected chi connectivity index (χ4v) is 2.87. The molecule has 0 saturated heterocycles. The number of hydrogen-bond donors (Lipinski definition) is 0. The van der Waals surface area contributed by atoms with Gasteiger partial charge in [0.15, 0.2) is 0 Å². The third-order valence-electron chi connectivity index (χ3n) is 1.96. The molecule has 0 nitrogen and oxygen atoms in total. The highest BCUT2D eigenvalue weighted by molar-refractivity contribution is 7.12. The average Bonchev–Trinajstić information content (AvgIpc) is 2.30. The molecule has 0 aliphatic carbocycles. The van der Waals surface area contributed by atoms with E-state index in [0.29, 0.717) is 0 Å². The molecule has 1 aromatic heterocycles. The Morgan fingerprint density at radius 1 is 1.50 bits per heavy atom.